The average molecular weight is 295 g/mol. The van der Waals surface area contributed by atoms with Gasteiger partial charge in [-0.3, -0.25) is 0 Å². The van der Waals surface area contributed by atoms with E-state index in [1.165, 1.54) is 11.3 Å². The van der Waals surface area contributed by atoms with Crippen LogP contribution in [0.3, 0.4) is 0 Å². The fraction of sp³-hybridized carbons (Fsp3) is 0.462. The van der Waals surface area contributed by atoms with Gasteiger partial charge in [-0.05, 0) is 17.4 Å². The van der Waals surface area contributed by atoms with Crippen LogP contribution in [-0.4, -0.2) is 39.3 Å². The molecule has 0 aliphatic heterocycles. The minimum absolute atomic E-state index is 0.0173. The van der Waals surface area contributed by atoms with Crippen molar-refractivity contribution in [2.24, 2.45) is 5.92 Å². The first-order valence-corrected chi connectivity index (χ1v) is 7.26. The molecule has 0 spiro atoms. The van der Waals surface area contributed by atoms with E-state index in [4.69, 9.17) is 4.74 Å². The first kappa shape index (κ1) is 14.7. The maximum absolute atomic E-state index is 11.2. The molecule has 0 bridgehead atoms. The van der Waals surface area contributed by atoms with Crippen molar-refractivity contribution in [2.75, 3.05) is 13.2 Å². The number of aromatic nitrogens is 3. The third-order valence-corrected chi connectivity index (χ3v) is 3.47. The van der Waals surface area contributed by atoms with E-state index < -0.39 is 5.97 Å². The lowest BCUT2D eigenvalue weighted by Gasteiger charge is -2.08. The summed E-state index contributed by atoms with van der Waals surface area (Å²) in [4.78, 5) is 12.1. The molecule has 0 amide bonds. The highest BCUT2D eigenvalue weighted by atomic mass is 32.1. The zero-order valence-corrected chi connectivity index (χ0v) is 12.3. The van der Waals surface area contributed by atoms with Crippen molar-refractivity contribution in [1.29, 1.82) is 0 Å². The Morgan fingerprint density at radius 1 is 1.55 bits per heavy atom. The lowest BCUT2D eigenvalue weighted by Crippen LogP contribution is -2.11. The Bertz CT molecular complexity index is 563. The monoisotopic (exact) mass is 295 g/mol. The number of nitrogens with zero attached hydrogens (tertiary/aromatic N) is 3. The van der Waals surface area contributed by atoms with Gasteiger partial charge in [0, 0.05) is 6.61 Å². The zero-order valence-electron chi connectivity index (χ0n) is 11.4. The van der Waals surface area contributed by atoms with Gasteiger partial charge in [0.15, 0.2) is 5.69 Å². The van der Waals surface area contributed by atoms with Gasteiger partial charge in [0.2, 0.25) is 0 Å². The van der Waals surface area contributed by atoms with E-state index in [0.29, 0.717) is 31.4 Å². The predicted octanol–water partition coefficient (Wildman–Crippen LogP) is 2.38. The van der Waals surface area contributed by atoms with Gasteiger partial charge in [0.05, 0.1) is 18.0 Å². The maximum Gasteiger partial charge on any atom is 0.358 e. The van der Waals surface area contributed by atoms with E-state index in [1.54, 1.807) is 4.68 Å². The van der Waals surface area contributed by atoms with E-state index >= 15 is 0 Å². The number of carbonyl (C=O) groups is 1. The second-order valence-electron chi connectivity index (χ2n) is 4.76. The molecule has 2 rings (SSSR count). The number of carboxylic acid groups (broad SMARTS) is 1. The Morgan fingerprint density at radius 2 is 2.35 bits per heavy atom. The molecule has 0 unspecified atom stereocenters. The molecule has 6 nitrogen and oxygen atoms in total. The summed E-state index contributed by atoms with van der Waals surface area (Å²) in [7, 11) is 0. The van der Waals surface area contributed by atoms with Crippen LogP contribution in [0.1, 0.15) is 24.3 Å². The van der Waals surface area contributed by atoms with Crippen LogP contribution in [0, 0.1) is 5.92 Å². The van der Waals surface area contributed by atoms with Gasteiger partial charge >= 0.3 is 5.97 Å². The molecular weight excluding hydrogens is 278 g/mol. The van der Waals surface area contributed by atoms with Crippen LogP contribution in [0.5, 0.6) is 0 Å². The molecule has 2 heterocycles. The molecule has 0 saturated heterocycles. The number of rotatable bonds is 7. The highest BCUT2D eigenvalue weighted by molar-refractivity contribution is 7.13. The van der Waals surface area contributed by atoms with E-state index in [1.807, 2.05) is 17.5 Å². The summed E-state index contributed by atoms with van der Waals surface area (Å²) in [5, 5.41) is 18.7. The van der Waals surface area contributed by atoms with Crippen LogP contribution < -0.4 is 0 Å². The van der Waals surface area contributed by atoms with Gasteiger partial charge in [-0.1, -0.05) is 25.1 Å². The number of hydrogen-bond acceptors (Lipinski definition) is 5. The Labute approximate surface area is 121 Å². The molecule has 0 atom stereocenters. The molecule has 0 aliphatic rings. The Balaban J connectivity index is 2.15. The lowest BCUT2D eigenvalue weighted by molar-refractivity contribution is 0.0691. The molecule has 108 valence electrons. The largest absolute Gasteiger partial charge is 0.476 e. The van der Waals surface area contributed by atoms with Crippen LogP contribution in [0.4, 0.5) is 0 Å². The molecule has 1 N–H and O–H groups in total. The quantitative estimate of drug-likeness (QED) is 0.793. The number of ether oxygens (including phenoxy) is 1. The van der Waals surface area contributed by atoms with Gasteiger partial charge in [-0.25, -0.2) is 9.48 Å². The summed E-state index contributed by atoms with van der Waals surface area (Å²) in [6.07, 6.45) is 0. The highest BCUT2D eigenvalue weighted by Crippen LogP contribution is 2.26. The second kappa shape index (κ2) is 6.62. The fourth-order valence-electron chi connectivity index (χ4n) is 1.74. The Hall–Kier alpha value is -1.73. The molecule has 2 aromatic rings. The van der Waals surface area contributed by atoms with Crippen molar-refractivity contribution in [1.82, 2.24) is 15.0 Å². The summed E-state index contributed by atoms with van der Waals surface area (Å²) < 4.78 is 7.10. The summed E-state index contributed by atoms with van der Waals surface area (Å²) in [6, 6.07) is 3.74. The Morgan fingerprint density at radius 3 is 2.95 bits per heavy atom. The maximum atomic E-state index is 11.2. The summed E-state index contributed by atoms with van der Waals surface area (Å²) in [5.41, 5.74) is 0.525. The van der Waals surface area contributed by atoms with Gasteiger partial charge in [-0.15, -0.1) is 16.4 Å². The minimum Gasteiger partial charge on any atom is -0.476 e. The number of carboxylic acids is 1. The summed E-state index contributed by atoms with van der Waals surface area (Å²) >= 11 is 1.47. The van der Waals surface area contributed by atoms with Crippen molar-refractivity contribution in [3.8, 4) is 10.6 Å². The SMILES string of the molecule is CC(C)COCCn1nnc(C(=O)O)c1-c1cccs1. The number of aromatic carboxylic acids is 1. The van der Waals surface area contributed by atoms with Crippen LogP contribution in [0.15, 0.2) is 17.5 Å². The van der Waals surface area contributed by atoms with Crippen molar-refractivity contribution < 1.29 is 14.6 Å². The average Bonchev–Trinajstić information content (AvgIpc) is 3.02. The van der Waals surface area contributed by atoms with Gasteiger partial charge in [-0.2, -0.15) is 0 Å². The molecule has 0 aromatic carbocycles. The van der Waals surface area contributed by atoms with Crippen LogP contribution in [-0.2, 0) is 11.3 Å². The predicted molar refractivity (Wildman–Crippen MR) is 76.0 cm³/mol. The molecule has 2 aromatic heterocycles. The summed E-state index contributed by atoms with van der Waals surface area (Å²) in [6.45, 7) is 5.80. The first-order chi connectivity index (χ1) is 9.59. The first-order valence-electron chi connectivity index (χ1n) is 6.38. The van der Waals surface area contributed by atoms with Crippen molar-refractivity contribution >= 4 is 17.3 Å². The van der Waals surface area contributed by atoms with Crippen molar-refractivity contribution in [3.63, 3.8) is 0 Å². The summed E-state index contributed by atoms with van der Waals surface area (Å²) in [5.74, 6) is -0.597. The standard InChI is InChI=1S/C13H17N3O3S/c1-9(2)8-19-6-5-16-12(10-4-3-7-20-10)11(13(17)18)14-15-16/h3-4,7,9H,5-6,8H2,1-2H3,(H,17,18). The van der Waals surface area contributed by atoms with E-state index in [9.17, 15) is 9.90 Å². The molecule has 7 heteroatoms. The molecule has 0 saturated carbocycles. The van der Waals surface area contributed by atoms with Gasteiger partial charge in [0.1, 0.15) is 5.69 Å². The van der Waals surface area contributed by atoms with Crippen molar-refractivity contribution in [3.05, 3.63) is 23.2 Å². The molecule has 20 heavy (non-hydrogen) atoms. The number of hydrogen-bond donors (Lipinski definition) is 1. The zero-order chi connectivity index (χ0) is 14.5. The minimum atomic E-state index is -1.07. The fourth-order valence-corrected chi connectivity index (χ4v) is 2.52. The Kier molecular flexibility index (Phi) is 4.86. The van der Waals surface area contributed by atoms with Crippen molar-refractivity contribution in [2.45, 2.75) is 20.4 Å². The lowest BCUT2D eigenvalue weighted by atomic mass is 10.2. The van der Waals surface area contributed by atoms with Crippen LogP contribution in [0.25, 0.3) is 10.6 Å². The van der Waals surface area contributed by atoms with Crippen LogP contribution >= 0.6 is 11.3 Å². The normalized spacial score (nSPS) is 11.2. The highest BCUT2D eigenvalue weighted by Gasteiger charge is 2.21. The van der Waals surface area contributed by atoms with E-state index in [2.05, 4.69) is 24.2 Å². The molecular formula is C13H17N3O3S. The van der Waals surface area contributed by atoms with Crippen LogP contribution in [0.2, 0.25) is 0 Å². The van der Waals surface area contributed by atoms with Gasteiger partial charge < -0.3 is 9.84 Å². The molecule has 0 aliphatic carbocycles. The van der Waals surface area contributed by atoms with E-state index in [0.717, 1.165) is 4.88 Å². The number of thiophene rings is 1. The third kappa shape index (κ3) is 3.43. The topological polar surface area (TPSA) is 77.2 Å². The smallest absolute Gasteiger partial charge is 0.358 e. The van der Waals surface area contributed by atoms with Gasteiger partial charge in [0.25, 0.3) is 0 Å². The second-order valence-corrected chi connectivity index (χ2v) is 5.71. The molecule has 0 fully saturated rings. The molecule has 0 radical (unpaired) electrons. The third-order valence-electron chi connectivity index (χ3n) is 2.59. The van der Waals surface area contributed by atoms with E-state index in [-0.39, 0.29) is 5.69 Å².